The molecular formula is C10H13F2NO. The van der Waals surface area contributed by atoms with Gasteiger partial charge < -0.3 is 4.84 Å². The summed E-state index contributed by atoms with van der Waals surface area (Å²) in [4.78, 5) is 4.38. The molecule has 1 aromatic rings. The smallest absolute Gasteiger partial charge is 0.129 e. The molecule has 4 heteroatoms. The average molecular weight is 201 g/mol. The van der Waals surface area contributed by atoms with Crippen LogP contribution >= 0.6 is 0 Å². The lowest BCUT2D eigenvalue weighted by Crippen LogP contribution is -2.07. The lowest BCUT2D eigenvalue weighted by molar-refractivity contribution is 0.140. The van der Waals surface area contributed by atoms with Crippen molar-refractivity contribution in [2.24, 2.45) is 5.90 Å². The standard InChI is InChI=1S/C10H13F2NO/c1-7(11)10-8(5-6-14-13)3-2-4-9(10)12/h2-4,7H,5-6,13H2,1H3. The molecule has 0 aliphatic carbocycles. The van der Waals surface area contributed by atoms with Gasteiger partial charge in [0.25, 0.3) is 0 Å². The molecule has 78 valence electrons. The highest BCUT2D eigenvalue weighted by Crippen LogP contribution is 2.24. The van der Waals surface area contributed by atoms with Crippen LogP contribution in [0.1, 0.15) is 24.2 Å². The number of benzene rings is 1. The first-order chi connectivity index (χ1) is 6.66. The molecule has 0 fully saturated rings. The molecule has 1 aromatic carbocycles. The molecule has 0 spiro atoms. The van der Waals surface area contributed by atoms with Crippen LogP contribution in [-0.2, 0) is 11.3 Å². The van der Waals surface area contributed by atoms with Gasteiger partial charge in [0.2, 0.25) is 0 Å². The van der Waals surface area contributed by atoms with Gasteiger partial charge in [0.05, 0.1) is 6.61 Å². The SMILES string of the molecule is CC(F)c1c(F)cccc1CCON. The van der Waals surface area contributed by atoms with Crippen LogP contribution in [0.2, 0.25) is 0 Å². The monoisotopic (exact) mass is 201 g/mol. The van der Waals surface area contributed by atoms with Crippen molar-refractivity contribution in [3.8, 4) is 0 Å². The van der Waals surface area contributed by atoms with Crippen molar-refractivity contribution in [3.63, 3.8) is 0 Å². The molecule has 0 bridgehead atoms. The summed E-state index contributed by atoms with van der Waals surface area (Å²) in [7, 11) is 0. The number of halogens is 2. The highest BCUT2D eigenvalue weighted by molar-refractivity contribution is 5.30. The summed E-state index contributed by atoms with van der Waals surface area (Å²) < 4.78 is 26.3. The maximum atomic E-state index is 13.2. The minimum atomic E-state index is -1.32. The Morgan fingerprint density at radius 3 is 2.79 bits per heavy atom. The van der Waals surface area contributed by atoms with E-state index in [9.17, 15) is 8.78 Å². The molecule has 2 N–H and O–H groups in total. The quantitative estimate of drug-likeness (QED) is 0.758. The molecule has 0 amide bonds. The summed E-state index contributed by atoms with van der Waals surface area (Å²) in [5.74, 6) is 4.33. The van der Waals surface area contributed by atoms with Gasteiger partial charge in [0.1, 0.15) is 12.0 Å². The highest BCUT2D eigenvalue weighted by Gasteiger charge is 2.14. The van der Waals surface area contributed by atoms with Crippen molar-refractivity contribution in [1.29, 1.82) is 0 Å². The molecule has 0 aromatic heterocycles. The molecule has 2 nitrogen and oxygen atoms in total. The Morgan fingerprint density at radius 2 is 2.21 bits per heavy atom. The van der Waals surface area contributed by atoms with Crippen LogP contribution in [0, 0.1) is 5.82 Å². The maximum absolute atomic E-state index is 13.2. The molecule has 14 heavy (non-hydrogen) atoms. The maximum Gasteiger partial charge on any atom is 0.129 e. The molecule has 0 radical (unpaired) electrons. The van der Waals surface area contributed by atoms with E-state index in [1.54, 1.807) is 12.1 Å². The molecular weight excluding hydrogens is 188 g/mol. The van der Waals surface area contributed by atoms with Crippen molar-refractivity contribution in [2.45, 2.75) is 19.5 Å². The summed E-state index contributed by atoms with van der Waals surface area (Å²) in [5.41, 5.74) is 0.704. The summed E-state index contributed by atoms with van der Waals surface area (Å²) >= 11 is 0. The lowest BCUT2D eigenvalue weighted by atomic mass is 10.0. The molecule has 1 rings (SSSR count). The van der Waals surface area contributed by atoms with E-state index >= 15 is 0 Å². The predicted octanol–water partition coefficient (Wildman–Crippen LogP) is 2.29. The summed E-state index contributed by atoms with van der Waals surface area (Å²) in [6.07, 6.45) is -0.901. The van der Waals surface area contributed by atoms with E-state index < -0.39 is 12.0 Å². The number of hydrogen-bond donors (Lipinski definition) is 1. The fourth-order valence-corrected chi connectivity index (χ4v) is 1.41. The van der Waals surface area contributed by atoms with Gasteiger partial charge in [-0.2, -0.15) is 0 Å². The Balaban J connectivity index is 2.96. The Bertz CT molecular complexity index is 302. The first-order valence-electron chi connectivity index (χ1n) is 4.40. The fourth-order valence-electron chi connectivity index (χ4n) is 1.41. The number of hydrogen-bond acceptors (Lipinski definition) is 2. The largest absolute Gasteiger partial charge is 0.304 e. The fraction of sp³-hybridized carbons (Fsp3) is 0.400. The van der Waals surface area contributed by atoms with E-state index in [1.807, 2.05) is 0 Å². The Morgan fingerprint density at radius 1 is 1.50 bits per heavy atom. The minimum absolute atomic E-state index is 0.101. The van der Waals surface area contributed by atoms with E-state index in [1.165, 1.54) is 13.0 Å². The number of rotatable bonds is 4. The van der Waals surface area contributed by atoms with Gasteiger partial charge in [-0.1, -0.05) is 12.1 Å². The molecule has 0 saturated carbocycles. The lowest BCUT2D eigenvalue weighted by Gasteiger charge is -2.10. The van der Waals surface area contributed by atoms with Crippen molar-refractivity contribution >= 4 is 0 Å². The third-order valence-electron chi connectivity index (χ3n) is 2.03. The second-order valence-corrected chi connectivity index (χ2v) is 3.05. The van der Waals surface area contributed by atoms with Crippen molar-refractivity contribution < 1.29 is 13.6 Å². The van der Waals surface area contributed by atoms with Gasteiger partial charge in [-0.3, -0.25) is 0 Å². The van der Waals surface area contributed by atoms with Crippen molar-refractivity contribution in [2.75, 3.05) is 6.61 Å². The molecule has 1 atom stereocenters. The van der Waals surface area contributed by atoms with E-state index in [-0.39, 0.29) is 12.2 Å². The van der Waals surface area contributed by atoms with Gasteiger partial charge in [-0.25, -0.2) is 14.7 Å². The molecule has 0 saturated heterocycles. The van der Waals surface area contributed by atoms with Crippen LogP contribution in [-0.4, -0.2) is 6.61 Å². The Kier molecular flexibility index (Phi) is 3.98. The topological polar surface area (TPSA) is 35.2 Å². The van der Waals surface area contributed by atoms with E-state index in [0.29, 0.717) is 12.0 Å². The Hall–Kier alpha value is -1.00. The van der Waals surface area contributed by atoms with Crippen LogP contribution in [0.15, 0.2) is 18.2 Å². The zero-order valence-corrected chi connectivity index (χ0v) is 7.97. The molecule has 0 aliphatic heterocycles. The van der Waals surface area contributed by atoms with Gasteiger partial charge in [-0.15, -0.1) is 0 Å². The number of nitrogens with two attached hydrogens (primary N) is 1. The summed E-state index contributed by atoms with van der Waals surface area (Å²) in [6.45, 7) is 1.56. The second-order valence-electron chi connectivity index (χ2n) is 3.05. The molecule has 0 aliphatic rings. The van der Waals surface area contributed by atoms with Gasteiger partial charge in [0.15, 0.2) is 0 Å². The van der Waals surface area contributed by atoms with E-state index in [2.05, 4.69) is 4.84 Å². The molecule has 0 heterocycles. The minimum Gasteiger partial charge on any atom is -0.304 e. The van der Waals surface area contributed by atoms with Crippen molar-refractivity contribution in [1.82, 2.24) is 0 Å². The van der Waals surface area contributed by atoms with Crippen LogP contribution in [0.4, 0.5) is 8.78 Å². The number of alkyl halides is 1. The van der Waals surface area contributed by atoms with Gasteiger partial charge >= 0.3 is 0 Å². The molecule has 1 unspecified atom stereocenters. The van der Waals surface area contributed by atoms with Gasteiger partial charge in [-0.05, 0) is 25.0 Å². The van der Waals surface area contributed by atoms with Crippen molar-refractivity contribution in [3.05, 3.63) is 35.1 Å². The predicted molar refractivity (Wildman–Crippen MR) is 49.8 cm³/mol. The van der Waals surface area contributed by atoms with Crippen LogP contribution in [0.3, 0.4) is 0 Å². The zero-order valence-electron chi connectivity index (χ0n) is 7.97. The third kappa shape index (κ3) is 2.49. The summed E-state index contributed by atoms with van der Waals surface area (Å²) in [5, 5.41) is 0. The third-order valence-corrected chi connectivity index (χ3v) is 2.03. The van der Waals surface area contributed by atoms with Crippen LogP contribution in [0.25, 0.3) is 0 Å². The van der Waals surface area contributed by atoms with Gasteiger partial charge in [0, 0.05) is 5.56 Å². The van der Waals surface area contributed by atoms with Crippen LogP contribution < -0.4 is 5.90 Å². The first-order valence-corrected chi connectivity index (χ1v) is 4.40. The van der Waals surface area contributed by atoms with E-state index in [0.717, 1.165) is 0 Å². The van der Waals surface area contributed by atoms with Crippen LogP contribution in [0.5, 0.6) is 0 Å². The summed E-state index contributed by atoms with van der Waals surface area (Å²) in [6, 6.07) is 4.47. The van der Waals surface area contributed by atoms with E-state index in [4.69, 9.17) is 5.90 Å². The average Bonchev–Trinajstić information content (AvgIpc) is 2.14. The highest BCUT2D eigenvalue weighted by atomic mass is 19.1. The second kappa shape index (κ2) is 5.02. The zero-order chi connectivity index (χ0) is 10.6. The normalized spacial score (nSPS) is 12.9. The Labute approximate surface area is 81.6 Å². The first kappa shape index (κ1) is 11.1.